The molecule has 0 radical (unpaired) electrons. The molecule has 0 aliphatic heterocycles. The molecule has 0 heterocycles. The summed E-state index contributed by atoms with van der Waals surface area (Å²) in [6.07, 6.45) is 8.83. The van der Waals surface area contributed by atoms with Crippen molar-refractivity contribution in [1.82, 2.24) is 10.6 Å². The summed E-state index contributed by atoms with van der Waals surface area (Å²) in [4.78, 5) is 0. The Kier molecular flexibility index (Phi) is 1.75. The van der Waals surface area contributed by atoms with E-state index in [9.17, 15) is 0 Å². The van der Waals surface area contributed by atoms with Gasteiger partial charge in [-0.25, -0.2) is 0 Å². The van der Waals surface area contributed by atoms with Gasteiger partial charge < -0.3 is 16.4 Å². The molecule has 0 aromatic rings. The Bertz CT molecular complexity index is 507. The molecule has 3 nitrogen and oxygen atoms in total. The van der Waals surface area contributed by atoms with Crippen molar-refractivity contribution in [1.29, 1.82) is 0 Å². The third kappa shape index (κ3) is 1.23. The van der Waals surface area contributed by atoms with E-state index in [2.05, 4.69) is 10.6 Å². The second-order valence-corrected chi connectivity index (χ2v) is 9.64. The fourth-order valence-electron chi connectivity index (χ4n) is 7.75. The quantitative estimate of drug-likeness (QED) is 0.725. The highest BCUT2D eigenvalue weighted by atomic mass is 15.2. The SMILES string of the molecule is N[C@]12C3C(NC4[C@H]5CC(NC6C7CCCC76)C[C@@H]45)C[C@@H]1[C@H]32. The van der Waals surface area contributed by atoms with Crippen LogP contribution in [-0.2, 0) is 0 Å². The second kappa shape index (κ2) is 3.22. The zero-order valence-electron chi connectivity index (χ0n) is 12.7. The van der Waals surface area contributed by atoms with Gasteiger partial charge in [-0.1, -0.05) is 6.42 Å². The number of fused-ring (bicyclic) bond motifs is 3. The van der Waals surface area contributed by atoms with Crippen LogP contribution in [0.4, 0.5) is 0 Å². The number of nitrogens with one attached hydrogen (secondary N) is 2. The predicted molar refractivity (Wildman–Crippen MR) is 80.5 cm³/mol. The summed E-state index contributed by atoms with van der Waals surface area (Å²) in [6.45, 7) is 0. The van der Waals surface area contributed by atoms with Gasteiger partial charge in [0.25, 0.3) is 0 Å². The van der Waals surface area contributed by atoms with Crippen molar-refractivity contribution in [2.75, 3.05) is 0 Å². The fraction of sp³-hybridized carbons (Fsp3) is 1.00. The topological polar surface area (TPSA) is 50.1 Å². The zero-order chi connectivity index (χ0) is 13.5. The van der Waals surface area contributed by atoms with Crippen LogP contribution in [0.2, 0.25) is 0 Å². The normalized spacial score (nSPS) is 73.9. The van der Waals surface area contributed by atoms with Crippen molar-refractivity contribution in [2.45, 2.75) is 68.2 Å². The van der Waals surface area contributed by atoms with Gasteiger partial charge in [0.1, 0.15) is 0 Å². The van der Waals surface area contributed by atoms with Gasteiger partial charge in [0.05, 0.1) is 0 Å². The summed E-state index contributed by atoms with van der Waals surface area (Å²) in [5.41, 5.74) is 6.71. The Morgan fingerprint density at radius 1 is 0.810 bits per heavy atom. The third-order valence-electron chi connectivity index (χ3n) is 9.03. The van der Waals surface area contributed by atoms with Gasteiger partial charge in [-0.3, -0.25) is 0 Å². The molecular formula is C18H27N3. The average molecular weight is 285 g/mol. The number of rotatable bonds is 4. The molecule has 114 valence electrons. The van der Waals surface area contributed by atoms with Gasteiger partial charge in [0, 0.05) is 29.7 Å². The summed E-state index contributed by atoms with van der Waals surface area (Å²) < 4.78 is 0. The minimum absolute atomic E-state index is 0.343. The fourth-order valence-corrected chi connectivity index (χ4v) is 7.75. The second-order valence-electron chi connectivity index (χ2n) is 9.64. The van der Waals surface area contributed by atoms with Crippen molar-refractivity contribution in [2.24, 2.45) is 47.2 Å². The van der Waals surface area contributed by atoms with Gasteiger partial charge in [0.2, 0.25) is 0 Å². The van der Waals surface area contributed by atoms with Gasteiger partial charge in [-0.05, 0) is 73.5 Å². The van der Waals surface area contributed by atoms with Crippen LogP contribution in [0.1, 0.15) is 38.5 Å². The van der Waals surface area contributed by atoms with E-state index in [1.807, 2.05) is 0 Å². The molecule has 0 saturated heterocycles. The lowest BCUT2D eigenvalue weighted by atomic mass is 10.1. The predicted octanol–water partition coefficient (Wildman–Crippen LogP) is 1.09. The van der Waals surface area contributed by atoms with E-state index in [0.717, 1.165) is 65.6 Å². The highest BCUT2D eigenvalue weighted by Crippen LogP contribution is 2.83. The Labute approximate surface area is 126 Å². The maximum atomic E-state index is 6.37. The molecule has 21 heavy (non-hydrogen) atoms. The van der Waals surface area contributed by atoms with Gasteiger partial charge in [-0.15, -0.1) is 0 Å². The summed E-state index contributed by atoms with van der Waals surface area (Å²) in [5.74, 6) is 6.89. The van der Waals surface area contributed by atoms with Crippen LogP contribution in [0.25, 0.3) is 0 Å². The molecular weight excluding hydrogens is 258 g/mol. The lowest BCUT2D eigenvalue weighted by Gasteiger charge is -2.20. The molecule has 8 saturated carbocycles. The molecule has 0 amide bonds. The molecule has 4 N–H and O–H groups in total. The van der Waals surface area contributed by atoms with Crippen molar-refractivity contribution in [3.63, 3.8) is 0 Å². The number of nitrogens with two attached hydrogens (primary N) is 1. The van der Waals surface area contributed by atoms with Crippen LogP contribution in [0, 0.1) is 41.4 Å². The Morgan fingerprint density at radius 3 is 2.10 bits per heavy atom. The van der Waals surface area contributed by atoms with Crippen molar-refractivity contribution in [3.05, 3.63) is 0 Å². The van der Waals surface area contributed by atoms with E-state index in [1.165, 1.54) is 38.5 Å². The van der Waals surface area contributed by atoms with Crippen LogP contribution in [0.5, 0.6) is 0 Å². The number of hydrogen-bond acceptors (Lipinski definition) is 3. The molecule has 3 heteroatoms. The number of hydrogen-bond donors (Lipinski definition) is 3. The highest BCUT2D eigenvalue weighted by Gasteiger charge is 2.90. The van der Waals surface area contributed by atoms with Crippen LogP contribution in [0.15, 0.2) is 0 Å². The molecule has 0 aromatic heterocycles. The Balaban J connectivity index is 0.941. The molecule has 2 bridgehead atoms. The molecule has 8 aliphatic rings. The van der Waals surface area contributed by atoms with Gasteiger partial charge in [0.15, 0.2) is 0 Å². The first-order valence-corrected chi connectivity index (χ1v) is 9.58. The smallest absolute Gasteiger partial charge is 0.0269 e. The average Bonchev–Trinajstić information content (AvgIpc) is 3.31. The van der Waals surface area contributed by atoms with E-state index >= 15 is 0 Å². The molecule has 0 aromatic carbocycles. The molecule has 11 atom stereocenters. The van der Waals surface area contributed by atoms with E-state index < -0.39 is 0 Å². The third-order valence-corrected chi connectivity index (χ3v) is 9.03. The van der Waals surface area contributed by atoms with E-state index in [4.69, 9.17) is 5.73 Å². The summed E-state index contributed by atoms with van der Waals surface area (Å²) in [5, 5.41) is 8.02. The van der Waals surface area contributed by atoms with E-state index in [1.54, 1.807) is 0 Å². The molecule has 8 fully saturated rings. The monoisotopic (exact) mass is 285 g/mol. The van der Waals surface area contributed by atoms with Gasteiger partial charge >= 0.3 is 0 Å². The first-order chi connectivity index (χ1) is 10.3. The molecule has 8 rings (SSSR count). The van der Waals surface area contributed by atoms with Crippen molar-refractivity contribution >= 4 is 0 Å². The lowest BCUT2D eigenvalue weighted by Crippen LogP contribution is -2.38. The van der Waals surface area contributed by atoms with Gasteiger partial charge in [-0.2, -0.15) is 0 Å². The van der Waals surface area contributed by atoms with Crippen LogP contribution >= 0.6 is 0 Å². The summed E-state index contributed by atoms with van der Waals surface area (Å²) >= 11 is 0. The minimum Gasteiger partial charge on any atom is -0.324 e. The van der Waals surface area contributed by atoms with Crippen LogP contribution in [0.3, 0.4) is 0 Å². The van der Waals surface area contributed by atoms with Crippen LogP contribution < -0.4 is 16.4 Å². The molecule has 0 spiro atoms. The lowest BCUT2D eigenvalue weighted by molar-refractivity contribution is 0.390. The maximum Gasteiger partial charge on any atom is 0.0269 e. The van der Waals surface area contributed by atoms with Crippen molar-refractivity contribution < 1.29 is 0 Å². The summed E-state index contributed by atoms with van der Waals surface area (Å²) in [7, 11) is 0. The first kappa shape index (κ1) is 11.4. The minimum atomic E-state index is 0.343. The van der Waals surface area contributed by atoms with Crippen LogP contribution in [-0.4, -0.2) is 29.7 Å². The molecule has 8 aliphatic carbocycles. The van der Waals surface area contributed by atoms with E-state index in [0.29, 0.717) is 5.54 Å². The maximum absolute atomic E-state index is 6.37. The largest absolute Gasteiger partial charge is 0.324 e. The standard InChI is InChI=1S/C18H27N3/c19-18-12-6-13(15(18)14(12)18)21-17-10-4-7(5-11(10)17)20-16-8-2-1-3-9(8)16/h7-17,20-21H,1-6,19H2/t7?,8?,9?,10-,11+,12-,13?,14-,15?,16?,17?,18-/m1/s1. The Hall–Kier alpha value is -0.120. The van der Waals surface area contributed by atoms with E-state index in [-0.39, 0.29) is 0 Å². The van der Waals surface area contributed by atoms with Crippen molar-refractivity contribution in [3.8, 4) is 0 Å². The zero-order valence-corrected chi connectivity index (χ0v) is 12.7. The Morgan fingerprint density at radius 2 is 1.48 bits per heavy atom. The first-order valence-electron chi connectivity index (χ1n) is 9.58. The summed E-state index contributed by atoms with van der Waals surface area (Å²) in [6, 6.07) is 3.46. The molecule has 6 unspecified atom stereocenters. The highest BCUT2D eigenvalue weighted by molar-refractivity contribution is 5.45.